The highest BCUT2D eigenvalue weighted by atomic mass is 16.4. The number of aromatic nitrogens is 2. The SMILES string of the molecule is O=C(O)C1=Cc2ccncc2-c2cc3ccc(C(=O)O)cc3n2C1. The van der Waals surface area contributed by atoms with Crippen LogP contribution in [0, 0.1) is 0 Å². The van der Waals surface area contributed by atoms with Gasteiger partial charge in [0.25, 0.3) is 0 Å². The van der Waals surface area contributed by atoms with Crippen LogP contribution in [0.4, 0.5) is 0 Å². The van der Waals surface area contributed by atoms with Crippen molar-refractivity contribution in [3.05, 3.63) is 59.4 Å². The van der Waals surface area contributed by atoms with Gasteiger partial charge in [-0.25, -0.2) is 9.59 Å². The molecule has 0 saturated carbocycles. The molecule has 1 aliphatic heterocycles. The lowest BCUT2D eigenvalue weighted by Gasteiger charge is -2.09. The third-order valence-electron chi connectivity index (χ3n) is 4.21. The number of carboxylic acid groups (broad SMARTS) is 2. The third kappa shape index (κ3) is 2.08. The molecule has 6 nitrogen and oxygen atoms in total. The van der Waals surface area contributed by atoms with Gasteiger partial charge in [0, 0.05) is 28.9 Å². The van der Waals surface area contributed by atoms with Crippen LogP contribution >= 0.6 is 0 Å². The lowest BCUT2D eigenvalue weighted by molar-refractivity contribution is -0.132. The number of carbonyl (C=O) groups is 2. The maximum Gasteiger partial charge on any atom is 0.335 e. The molecule has 0 spiro atoms. The Morgan fingerprint density at radius 2 is 1.92 bits per heavy atom. The van der Waals surface area contributed by atoms with Crippen molar-refractivity contribution in [2.45, 2.75) is 6.54 Å². The molecule has 118 valence electrons. The van der Waals surface area contributed by atoms with Crippen LogP contribution in [0.25, 0.3) is 28.2 Å². The Balaban J connectivity index is 2.06. The minimum Gasteiger partial charge on any atom is -0.478 e. The smallest absolute Gasteiger partial charge is 0.335 e. The van der Waals surface area contributed by atoms with E-state index in [0.29, 0.717) is 5.52 Å². The maximum absolute atomic E-state index is 11.6. The summed E-state index contributed by atoms with van der Waals surface area (Å²) >= 11 is 0. The Morgan fingerprint density at radius 1 is 1.08 bits per heavy atom. The summed E-state index contributed by atoms with van der Waals surface area (Å²) in [6.07, 6.45) is 4.95. The average molecular weight is 320 g/mol. The number of rotatable bonds is 2. The van der Waals surface area contributed by atoms with Gasteiger partial charge in [-0.15, -0.1) is 0 Å². The topological polar surface area (TPSA) is 92.4 Å². The van der Waals surface area contributed by atoms with Gasteiger partial charge in [-0.1, -0.05) is 6.07 Å². The first-order chi connectivity index (χ1) is 11.5. The predicted octanol–water partition coefficient (Wildman–Crippen LogP) is 2.88. The van der Waals surface area contributed by atoms with Gasteiger partial charge in [-0.3, -0.25) is 4.98 Å². The molecule has 0 unspecified atom stereocenters. The quantitative estimate of drug-likeness (QED) is 0.757. The highest BCUT2D eigenvalue weighted by molar-refractivity contribution is 5.99. The molecule has 0 saturated heterocycles. The molecular weight excluding hydrogens is 308 g/mol. The minimum absolute atomic E-state index is 0.159. The van der Waals surface area contributed by atoms with Crippen molar-refractivity contribution in [3.8, 4) is 11.3 Å². The number of hydrogen-bond acceptors (Lipinski definition) is 3. The molecule has 1 aliphatic rings. The molecule has 6 heteroatoms. The lowest BCUT2D eigenvalue weighted by Crippen LogP contribution is -2.08. The van der Waals surface area contributed by atoms with E-state index < -0.39 is 11.9 Å². The molecule has 3 heterocycles. The van der Waals surface area contributed by atoms with Crippen LogP contribution in [0.15, 0.2) is 48.3 Å². The van der Waals surface area contributed by atoms with Gasteiger partial charge in [0.2, 0.25) is 0 Å². The number of aliphatic carboxylic acids is 1. The van der Waals surface area contributed by atoms with Crippen LogP contribution in [-0.2, 0) is 11.3 Å². The van der Waals surface area contributed by atoms with Crippen molar-refractivity contribution in [2.24, 2.45) is 0 Å². The van der Waals surface area contributed by atoms with E-state index in [4.69, 9.17) is 0 Å². The fourth-order valence-corrected chi connectivity index (χ4v) is 3.06. The summed E-state index contributed by atoms with van der Waals surface area (Å²) < 4.78 is 1.83. The zero-order valence-corrected chi connectivity index (χ0v) is 12.4. The molecule has 0 bridgehead atoms. The first-order valence-corrected chi connectivity index (χ1v) is 7.29. The number of fused-ring (bicyclic) bond motifs is 5. The highest BCUT2D eigenvalue weighted by Gasteiger charge is 2.21. The van der Waals surface area contributed by atoms with Crippen molar-refractivity contribution in [2.75, 3.05) is 0 Å². The van der Waals surface area contributed by atoms with Crippen LogP contribution in [-0.4, -0.2) is 31.7 Å². The van der Waals surface area contributed by atoms with Gasteiger partial charge in [-0.2, -0.15) is 0 Å². The second-order valence-corrected chi connectivity index (χ2v) is 5.63. The van der Waals surface area contributed by atoms with Crippen LogP contribution in [0.5, 0.6) is 0 Å². The fourth-order valence-electron chi connectivity index (χ4n) is 3.06. The Kier molecular flexibility index (Phi) is 2.99. The van der Waals surface area contributed by atoms with E-state index in [9.17, 15) is 19.8 Å². The number of nitrogens with zero attached hydrogens (tertiary/aromatic N) is 2. The zero-order chi connectivity index (χ0) is 16.8. The summed E-state index contributed by atoms with van der Waals surface area (Å²) in [5, 5.41) is 19.5. The molecule has 24 heavy (non-hydrogen) atoms. The van der Waals surface area contributed by atoms with Crippen molar-refractivity contribution < 1.29 is 19.8 Å². The summed E-state index contributed by atoms with van der Waals surface area (Å²) in [4.78, 5) is 27.0. The van der Waals surface area contributed by atoms with Gasteiger partial charge < -0.3 is 14.8 Å². The molecule has 4 rings (SSSR count). The van der Waals surface area contributed by atoms with Crippen LogP contribution in [0.1, 0.15) is 15.9 Å². The van der Waals surface area contributed by atoms with Gasteiger partial charge in [-0.05, 0) is 35.9 Å². The number of hydrogen-bond donors (Lipinski definition) is 2. The molecule has 0 atom stereocenters. The Morgan fingerprint density at radius 3 is 2.67 bits per heavy atom. The normalized spacial score (nSPS) is 12.9. The Hall–Kier alpha value is -3.41. The minimum atomic E-state index is -1.02. The molecule has 2 N–H and O–H groups in total. The van der Waals surface area contributed by atoms with E-state index in [1.165, 1.54) is 0 Å². The summed E-state index contributed by atoms with van der Waals surface area (Å²) in [7, 11) is 0. The molecule has 3 aromatic rings. The van der Waals surface area contributed by atoms with Crippen molar-refractivity contribution >= 4 is 28.9 Å². The maximum atomic E-state index is 11.6. The van der Waals surface area contributed by atoms with Crippen molar-refractivity contribution in [1.82, 2.24) is 9.55 Å². The van der Waals surface area contributed by atoms with Gasteiger partial charge in [0.05, 0.1) is 23.4 Å². The van der Waals surface area contributed by atoms with Crippen molar-refractivity contribution in [1.29, 1.82) is 0 Å². The van der Waals surface area contributed by atoms with E-state index in [1.807, 2.05) is 10.6 Å². The number of benzene rings is 1. The second-order valence-electron chi connectivity index (χ2n) is 5.63. The van der Waals surface area contributed by atoms with Gasteiger partial charge in [0.15, 0.2) is 0 Å². The summed E-state index contributed by atoms with van der Waals surface area (Å²) in [6, 6.07) is 8.56. The predicted molar refractivity (Wildman–Crippen MR) is 87.7 cm³/mol. The van der Waals surface area contributed by atoms with E-state index in [0.717, 1.165) is 22.2 Å². The summed E-state index contributed by atoms with van der Waals surface area (Å²) in [6.45, 7) is 0.159. The molecule has 1 aromatic carbocycles. The molecule has 0 amide bonds. The molecule has 0 radical (unpaired) electrons. The molecule has 0 fully saturated rings. The standard InChI is InChI=1S/C18H12N2O4/c21-17(22)12-2-1-11-6-16-14-8-19-4-3-10(14)5-13(18(23)24)9-20(16)15(11)7-12/h1-8H,9H2,(H,21,22)(H,23,24). The van der Waals surface area contributed by atoms with E-state index in [-0.39, 0.29) is 17.7 Å². The molecule has 2 aromatic heterocycles. The van der Waals surface area contributed by atoms with E-state index in [1.54, 1.807) is 42.7 Å². The summed E-state index contributed by atoms with van der Waals surface area (Å²) in [5.41, 5.74) is 3.51. The lowest BCUT2D eigenvalue weighted by atomic mass is 10.1. The molecular formula is C18H12N2O4. The third-order valence-corrected chi connectivity index (χ3v) is 4.21. The molecule has 0 aliphatic carbocycles. The van der Waals surface area contributed by atoms with E-state index >= 15 is 0 Å². The second kappa shape index (κ2) is 5.06. The van der Waals surface area contributed by atoms with Crippen LogP contribution in [0.2, 0.25) is 0 Å². The van der Waals surface area contributed by atoms with Crippen LogP contribution in [0.3, 0.4) is 0 Å². The number of pyridine rings is 1. The largest absolute Gasteiger partial charge is 0.478 e. The van der Waals surface area contributed by atoms with Crippen molar-refractivity contribution in [3.63, 3.8) is 0 Å². The van der Waals surface area contributed by atoms with E-state index in [2.05, 4.69) is 4.98 Å². The zero-order valence-electron chi connectivity index (χ0n) is 12.4. The monoisotopic (exact) mass is 320 g/mol. The number of aromatic carboxylic acids is 1. The highest BCUT2D eigenvalue weighted by Crippen LogP contribution is 2.34. The van der Waals surface area contributed by atoms with Gasteiger partial charge >= 0.3 is 11.9 Å². The first-order valence-electron chi connectivity index (χ1n) is 7.29. The fraction of sp³-hybridized carbons (Fsp3) is 0.0556. The Bertz CT molecular complexity index is 1050. The van der Waals surface area contributed by atoms with Gasteiger partial charge in [0.1, 0.15) is 0 Å². The number of carboxylic acids is 2. The first kappa shape index (κ1) is 14.2. The average Bonchev–Trinajstić information content (AvgIpc) is 2.83. The van der Waals surface area contributed by atoms with Crippen LogP contribution < -0.4 is 0 Å². The summed E-state index contributed by atoms with van der Waals surface area (Å²) in [5.74, 6) is -2.01. The Labute approximate surface area is 136 Å².